The van der Waals surface area contributed by atoms with Gasteiger partial charge in [-0.3, -0.25) is 4.79 Å². The Morgan fingerprint density at radius 1 is 1.09 bits per heavy atom. The molecular weight excluding hydrogens is 310 g/mol. The third kappa shape index (κ3) is 4.31. The van der Waals surface area contributed by atoms with Crippen LogP contribution in [0.25, 0.3) is 0 Å². The van der Waals surface area contributed by atoms with E-state index in [1.807, 2.05) is 37.4 Å². The molecule has 0 aliphatic heterocycles. The number of benzene rings is 2. The molecule has 0 spiro atoms. The summed E-state index contributed by atoms with van der Waals surface area (Å²) in [6.07, 6.45) is 2.01. The molecule has 1 unspecified atom stereocenters. The first-order valence-electron chi connectivity index (χ1n) is 7.19. The molecule has 2 aromatic rings. The number of thioether (sulfide) groups is 2. The van der Waals surface area contributed by atoms with E-state index in [1.54, 1.807) is 23.5 Å². The molecule has 0 aliphatic carbocycles. The van der Waals surface area contributed by atoms with E-state index in [4.69, 9.17) is 0 Å². The number of anilines is 1. The molecule has 0 aromatic heterocycles. The second-order valence-electron chi connectivity index (χ2n) is 5.22. The molecule has 0 saturated carbocycles. The minimum Gasteiger partial charge on any atom is -0.324 e. The van der Waals surface area contributed by atoms with E-state index in [9.17, 15) is 4.79 Å². The van der Waals surface area contributed by atoms with Crippen LogP contribution in [0.5, 0.6) is 0 Å². The van der Waals surface area contributed by atoms with Gasteiger partial charge in [-0.25, -0.2) is 0 Å². The Bertz CT molecular complexity index is 670. The second-order valence-corrected chi connectivity index (χ2v) is 7.45. The van der Waals surface area contributed by atoms with Crippen LogP contribution in [0.3, 0.4) is 0 Å². The van der Waals surface area contributed by atoms with Crippen molar-refractivity contribution in [1.29, 1.82) is 0 Å². The van der Waals surface area contributed by atoms with E-state index >= 15 is 0 Å². The summed E-state index contributed by atoms with van der Waals surface area (Å²) in [7, 11) is 0. The Morgan fingerprint density at radius 3 is 2.50 bits per heavy atom. The van der Waals surface area contributed by atoms with Gasteiger partial charge in [-0.2, -0.15) is 0 Å². The van der Waals surface area contributed by atoms with E-state index in [0.717, 1.165) is 15.5 Å². The summed E-state index contributed by atoms with van der Waals surface area (Å²) < 4.78 is 0. The number of rotatable bonds is 5. The van der Waals surface area contributed by atoms with Gasteiger partial charge >= 0.3 is 0 Å². The lowest BCUT2D eigenvalue weighted by atomic mass is 10.2. The third-order valence-corrected chi connectivity index (χ3v) is 5.44. The highest BCUT2D eigenvalue weighted by atomic mass is 32.2. The fraction of sp³-hybridized carbons (Fsp3) is 0.278. The Hall–Kier alpha value is -1.39. The zero-order valence-electron chi connectivity index (χ0n) is 13.3. The van der Waals surface area contributed by atoms with Crippen molar-refractivity contribution < 1.29 is 4.79 Å². The van der Waals surface area contributed by atoms with E-state index in [0.29, 0.717) is 0 Å². The fourth-order valence-electron chi connectivity index (χ4n) is 2.16. The lowest BCUT2D eigenvalue weighted by molar-refractivity contribution is -0.115. The lowest BCUT2D eigenvalue weighted by Crippen LogP contribution is -2.22. The summed E-state index contributed by atoms with van der Waals surface area (Å²) in [5.41, 5.74) is 3.34. The standard InChI is InChI=1S/C18H21NOS2/c1-12-9-10-16(13(2)11-12)22-14(3)18(20)19-15-7-5-6-8-17(15)21-4/h5-11,14H,1-4H3,(H,19,20). The van der Waals surface area contributed by atoms with Gasteiger partial charge in [0.15, 0.2) is 0 Å². The van der Waals surface area contributed by atoms with Crippen molar-refractivity contribution in [3.05, 3.63) is 53.6 Å². The summed E-state index contributed by atoms with van der Waals surface area (Å²) in [5.74, 6) is 0.0338. The Balaban J connectivity index is 2.06. The predicted molar refractivity (Wildman–Crippen MR) is 98.1 cm³/mol. The van der Waals surface area contributed by atoms with Crippen LogP contribution in [0.4, 0.5) is 5.69 Å². The minimum absolute atomic E-state index is 0.0338. The summed E-state index contributed by atoms with van der Waals surface area (Å²) in [4.78, 5) is 14.7. The second kappa shape index (κ2) is 7.75. The van der Waals surface area contributed by atoms with Crippen molar-refractivity contribution in [3.63, 3.8) is 0 Å². The first-order valence-corrected chi connectivity index (χ1v) is 9.29. The van der Waals surface area contributed by atoms with Gasteiger partial charge in [0.1, 0.15) is 0 Å². The number of carbonyl (C=O) groups is 1. The van der Waals surface area contributed by atoms with Crippen LogP contribution in [-0.4, -0.2) is 17.4 Å². The number of amides is 1. The molecule has 0 bridgehead atoms. The van der Waals surface area contributed by atoms with Crippen molar-refractivity contribution in [2.75, 3.05) is 11.6 Å². The van der Waals surface area contributed by atoms with Gasteiger partial charge in [-0.05, 0) is 50.8 Å². The van der Waals surface area contributed by atoms with Crippen LogP contribution < -0.4 is 5.32 Å². The van der Waals surface area contributed by atoms with Gasteiger partial charge in [0.2, 0.25) is 5.91 Å². The van der Waals surface area contributed by atoms with Gasteiger partial charge in [0, 0.05) is 9.79 Å². The Morgan fingerprint density at radius 2 is 1.82 bits per heavy atom. The molecule has 2 nitrogen and oxygen atoms in total. The lowest BCUT2D eigenvalue weighted by Gasteiger charge is -2.15. The summed E-state index contributed by atoms with van der Waals surface area (Å²) in [6.45, 7) is 6.11. The highest BCUT2D eigenvalue weighted by Crippen LogP contribution is 2.29. The number of nitrogens with one attached hydrogen (secondary N) is 1. The average Bonchev–Trinajstić information content (AvgIpc) is 2.50. The molecule has 1 amide bonds. The normalized spacial score (nSPS) is 12.0. The zero-order chi connectivity index (χ0) is 16.1. The molecule has 0 heterocycles. The van der Waals surface area contributed by atoms with Gasteiger partial charge < -0.3 is 5.32 Å². The maximum absolute atomic E-state index is 12.4. The van der Waals surface area contributed by atoms with E-state index in [-0.39, 0.29) is 11.2 Å². The first-order chi connectivity index (χ1) is 10.5. The topological polar surface area (TPSA) is 29.1 Å². The fourth-order valence-corrected chi connectivity index (χ4v) is 3.65. The van der Waals surface area contributed by atoms with Gasteiger partial charge in [-0.1, -0.05) is 29.8 Å². The smallest absolute Gasteiger partial charge is 0.237 e. The maximum atomic E-state index is 12.4. The van der Waals surface area contributed by atoms with Crippen molar-refractivity contribution in [3.8, 4) is 0 Å². The minimum atomic E-state index is -0.142. The Labute approximate surface area is 141 Å². The number of hydrogen-bond donors (Lipinski definition) is 1. The van der Waals surface area contributed by atoms with Crippen LogP contribution in [0.1, 0.15) is 18.1 Å². The molecule has 4 heteroatoms. The van der Waals surface area contributed by atoms with Crippen molar-refractivity contribution >= 4 is 35.1 Å². The monoisotopic (exact) mass is 331 g/mol. The number of aryl methyl sites for hydroxylation is 2. The molecule has 0 saturated heterocycles. The van der Waals surface area contributed by atoms with E-state index in [2.05, 4.69) is 37.4 Å². The van der Waals surface area contributed by atoms with Crippen LogP contribution in [0.2, 0.25) is 0 Å². The highest BCUT2D eigenvalue weighted by Gasteiger charge is 2.16. The molecule has 22 heavy (non-hydrogen) atoms. The molecule has 0 radical (unpaired) electrons. The summed E-state index contributed by atoms with van der Waals surface area (Å²) in [5, 5.41) is 2.89. The molecule has 2 rings (SSSR count). The van der Waals surface area contributed by atoms with Crippen molar-refractivity contribution in [2.45, 2.75) is 35.8 Å². The maximum Gasteiger partial charge on any atom is 0.237 e. The van der Waals surface area contributed by atoms with Gasteiger partial charge in [-0.15, -0.1) is 23.5 Å². The van der Waals surface area contributed by atoms with Crippen LogP contribution in [-0.2, 0) is 4.79 Å². The SMILES string of the molecule is CSc1ccccc1NC(=O)C(C)Sc1ccc(C)cc1C. The molecule has 1 N–H and O–H groups in total. The summed E-state index contributed by atoms with van der Waals surface area (Å²) in [6, 6.07) is 14.2. The summed E-state index contributed by atoms with van der Waals surface area (Å²) >= 11 is 3.24. The molecular formula is C18H21NOS2. The third-order valence-electron chi connectivity index (χ3n) is 3.37. The van der Waals surface area contributed by atoms with Crippen molar-refractivity contribution in [2.24, 2.45) is 0 Å². The highest BCUT2D eigenvalue weighted by molar-refractivity contribution is 8.00. The van der Waals surface area contributed by atoms with Gasteiger partial charge in [0.05, 0.1) is 10.9 Å². The van der Waals surface area contributed by atoms with Crippen LogP contribution in [0, 0.1) is 13.8 Å². The quantitative estimate of drug-likeness (QED) is 0.769. The predicted octanol–water partition coefficient (Wildman–Crippen LogP) is 5.14. The first kappa shape index (κ1) is 17.0. The average molecular weight is 332 g/mol. The molecule has 1 atom stereocenters. The largest absolute Gasteiger partial charge is 0.324 e. The van der Waals surface area contributed by atoms with E-state index < -0.39 is 0 Å². The molecule has 0 aliphatic rings. The zero-order valence-corrected chi connectivity index (χ0v) is 15.0. The van der Waals surface area contributed by atoms with E-state index in [1.165, 1.54) is 11.1 Å². The van der Waals surface area contributed by atoms with Crippen molar-refractivity contribution in [1.82, 2.24) is 0 Å². The van der Waals surface area contributed by atoms with Crippen LogP contribution >= 0.6 is 23.5 Å². The van der Waals surface area contributed by atoms with Crippen LogP contribution in [0.15, 0.2) is 52.3 Å². The number of carbonyl (C=O) groups excluding carboxylic acids is 1. The number of hydrogen-bond acceptors (Lipinski definition) is 3. The molecule has 116 valence electrons. The molecule has 2 aromatic carbocycles. The van der Waals surface area contributed by atoms with Gasteiger partial charge in [0.25, 0.3) is 0 Å². The Kier molecular flexibility index (Phi) is 5.98. The molecule has 0 fully saturated rings. The number of para-hydroxylation sites is 1.